The summed E-state index contributed by atoms with van der Waals surface area (Å²) in [5.74, 6) is -3.06. The molecule has 0 fully saturated rings. The van der Waals surface area contributed by atoms with Crippen LogP contribution < -0.4 is 10.1 Å². The SMILES string of the molecule is COc1ccc(CN2C(=O)[C@@](NC(=O)c3ccc(F)cc3)(C(F)(F)F)N=C2c2ccccc2)cc1. The van der Waals surface area contributed by atoms with E-state index in [4.69, 9.17) is 4.74 Å². The van der Waals surface area contributed by atoms with Crippen LogP contribution in [0.5, 0.6) is 5.75 Å². The first-order valence-electron chi connectivity index (χ1n) is 10.4. The smallest absolute Gasteiger partial charge is 0.442 e. The summed E-state index contributed by atoms with van der Waals surface area (Å²) in [5, 5.41) is 1.77. The second-order valence-corrected chi connectivity index (χ2v) is 7.71. The van der Waals surface area contributed by atoms with Gasteiger partial charge in [0.25, 0.3) is 11.8 Å². The summed E-state index contributed by atoms with van der Waals surface area (Å²) in [6.45, 7) is -0.235. The minimum atomic E-state index is -5.27. The highest BCUT2D eigenvalue weighted by Crippen LogP contribution is 2.39. The van der Waals surface area contributed by atoms with E-state index >= 15 is 0 Å². The Hall–Kier alpha value is -4.21. The van der Waals surface area contributed by atoms with Crippen molar-refractivity contribution >= 4 is 17.6 Å². The minimum Gasteiger partial charge on any atom is -0.497 e. The van der Waals surface area contributed by atoms with Gasteiger partial charge in [0.15, 0.2) is 0 Å². The van der Waals surface area contributed by atoms with E-state index in [0.717, 1.165) is 29.2 Å². The van der Waals surface area contributed by atoms with Crippen molar-refractivity contribution in [1.82, 2.24) is 10.2 Å². The van der Waals surface area contributed by atoms with Gasteiger partial charge < -0.3 is 10.1 Å². The van der Waals surface area contributed by atoms with Crippen LogP contribution in [0.25, 0.3) is 0 Å². The van der Waals surface area contributed by atoms with Gasteiger partial charge in [0.1, 0.15) is 17.4 Å². The number of carbonyl (C=O) groups is 2. The van der Waals surface area contributed by atoms with Crippen LogP contribution >= 0.6 is 0 Å². The molecule has 1 heterocycles. The van der Waals surface area contributed by atoms with E-state index in [1.54, 1.807) is 47.8 Å². The molecule has 180 valence electrons. The van der Waals surface area contributed by atoms with Crippen molar-refractivity contribution in [1.29, 1.82) is 0 Å². The number of halogens is 4. The average Bonchev–Trinajstić information content (AvgIpc) is 3.13. The van der Waals surface area contributed by atoms with Crippen molar-refractivity contribution in [3.05, 3.63) is 101 Å². The quantitative estimate of drug-likeness (QED) is 0.529. The number of alkyl halides is 3. The Labute approximate surface area is 197 Å². The summed E-state index contributed by atoms with van der Waals surface area (Å²) < 4.78 is 61.7. The standard InChI is InChI=1S/C25H19F4N3O3/c1-35-20-13-7-16(8-14-20)15-32-21(17-5-3-2-4-6-17)30-24(23(32)34,25(27,28)29)31-22(33)18-9-11-19(26)12-10-18/h2-14H,15H2,1H3,(H,31,33)/t24-/m1/s1. The van der Waals surface area contributed by atoms with Crippen molar-refractivity contribution < 1.29 is 31.9 Å². The fourth-order valence-corrected chi connectivity index (χ4v) is 3.60. The molecule has 1 N–H and O–H groups in total. The molecule has 1 atom stereocenters. The average molecular weight is 485 g/mol. The number of aliphatic imine (C=N–C) groups is 1. The van der Waals surface area contributed by atoms with Crippen LogP contribution in [0.15, 0.2) is 83.9 Å². The summed E-state index contributed by atoms with van der Waals surface area (Å²) in [4.78, 5) is 30.8. The van der Waals surface area contributed by atoms with Crippen molar-refractivity contribution in [3.8, 4) is 5.75 Å². The van der Waals surface area contributed by atoms with Crippen molar-refractivity contribution in [2.75, 3.05) is 7.11 Å². The molecule has 0 unspecified atom stereocenters. The highest BCUT2D eigenvalue weighted by Gasteiger charge is 2.67. The number of rotatable bonds is 6. The van der Waals surface area contributed by atoms with Gasteiger partial charge in [0, 0.05) is 11.1 Å². The van der Waals surface area contributed by atoms with E-state index in [2.05, 4.69) is 4.99 Å². The molecular weight excluding hydrogens is 466 g/mol. The summed E-state index contributed by atoms with van der Waals surface area (Å²) in [7, 11) is 1.47. The Morgan fingerprint density at radius 3 is 2.20 bits per heavy atom. The zero-order chi connectivity index (χ0) is 25.2. The molecule has 0 spiro atoms. The fourth-order valence-electron chi connectivity index (χ4n) is 3.60. The van der Waals surface area contributed by atoms with Crippen molar-refractivity contribution in [3.63, 3.8) is 0 Å². The maximum Gasteiger partial charge on any atom is 0.442 e. The van der Waals surface area contributed by atoms with Crippen molar-refractivity contribution in [2.45, 2.75) is 18.4 Å². The lowest BCUT2D eigenvalue weighted by Gasteiger charge is -2.29. The number of nitrogens with zero attached hydrogens (tertiary/aromatic N) is 2. The van der Waals surface area contributed by atoms with Crippen LogP contribution in [-0.4, -0.2) is 41.5 Å². The molecule has 0 bridgehead atoms. The van der Waals surface area contributed by atoms with Crippen LogP contribution in [0.2, 0.25) is 0 Å². The van der Waals surface area contributed by atoms with E-state index in [1.807, 2.05) is 0 Å². The molecule has 35 heavy (non-hydrogen) atoms. The van der Waals surface area contributed by atoms with E-state index < -0.39 is 29.5 Å². The summed E-state index contributed by atoms with van der Waals surface area (Å²) in [6.07, 6.45) is -5.27. The molecular formula is C25H19F4N3O3. The number of ether oxygens (including phenoxy) is 1. The van der Waals surface area contributed by atoms with Gasteiger partial charge in [-0.3, -0.25) is 14.5 Å². The first-order valence-corrected chi connectivity index (χ1v) is 10.4. The monoisotopic (exact) mass is 485 g/mol. The summed E-state index contributed by atoms with van der Waals surface area (Å²) >= 11 is 0. The Balaban J connectivity index is 1.78. The van der Waals surface area contributed by atoms with E-state index in [1.165, 1.54) is 19.2 Å². The number of amidine groups is 1. The number of methoxy groups -OCH3 is 1. The third kappa shape index (κ3) is 4.59. The lowest BCUT2D eigenvalue weighted by atomic mass is 10.1. The highest BCUT2D eigenvalue weighted by molar-refractivity contribution is 6.16. The zero-order valence-electron chi connectivity index (χ0n) is 18.3. The molecule has 0 saturated heterocycles. The highest BCUT2D eigenvalue weighted by atomic mass is 19.4. The second-order valence-electron chi connectivity index (χ2n) is 7.71. The largest absolute Gasteiger partial charge is 0.497 e. The molecule has 10 heteroatoms. The molecule has 3 aromatic carbocycles. The van der Waals surface area contributed by atoms with Gasteiger partial charge in [-0.1, -0.05) is 42.5 Å². The number of benzene rings is 3. The fraction of sp³-hybridized carbons (Fsp3) is 0.160. The minimum absolute atomic E-state index is 0.235. The molecule has 0 aliphatic carbocycles. The Morgan fingerprint density at radius 2 is 1.63 bits per heavy atom. The second kappa shape index (κ2) is 9.21. The molecule has 0 saturated carbocycles. The van der Waals surface area contributed by atoms with Gasteiger partial charge in [-0.05, 0) is 42.0 Å². The lowest BCUT2D eigenvalue weighted by Crippen LogP contribution is -2.63. The molecule has 0 radical (unpaired) electrons. The van der Waals surface area contributed by atoms with Crippen LogP contribution in [-0.2, 0) is 11.3 Å². The van der Waals surface area contributed by atoms with Crippen molar-refractivity contribution in [2.24, 2.45) is 4.99 Å². The van der Waals surface area contributed by atoms with Gasteiger partial charge >= 0.3 is 11.8 Å². The maximum atomic E-state index is 14.5. The zero-order valence-corrected chi connectivity index (χ0v) is 18.3. The van der Waals surface area contributed by atoms with E-state index in [9.17, 15) is 27.2 Å². The number of carbonyl (C=O) groups excluding carboxylic acids is 2. The molecule has 3 aromatic rings. The summed E-state index contributed by atoms with van der Waals surface area (Å²) in [5.41, 5.74) is -3.04. The van der Waals surface area contributed by atoms with Crippen LogP contribution in [0.3, 0.4) is 0 Å². The van der Waals surface area contributed by atoms with Crippen LogP contribution in [0.4, 0.5) is 17.6 Å². The number of hydrogen-bond donors (Lipinski definition) is 1. The number of hydrogen-bond acceptors (Lipinski definition) is 4. The number of amides is 2. The number of nitrogens with one attached hydrogen (secondary N) is 1. The normalized spacial score (nSPS) is 17.8. The molecule has 1 aliphatic heterocycles. The third-order valence-electron chi connectivity index (χ3n) is 5.43. The lowest BCUT2D eigenvalue weighted by molar-refractivity contribution is -0.196. The van der Waals surface area contributed by atoms with Gasteiger partial charge in [0.2, 0.25) is 0 Å². The molecule has 4 rings (SSSR count). The van der Waals surface area contributed by atoms with Gasteiger partial charge in [-0.2, -0.15) is 13.2 Å². The molecule has 2 amide bonds. The molecule has 0 aromatic heterocycles. The first kappa shape index (κ1) is 23.9. The van der Waals surface area contributed by atoms with Crippen LogP contribution in [0, 0.1) is 5.82 Å². The molecule has 1 aliphatic rings. The topological polar surface area (TPSA) is 71.0 Å². The van der Waals surface area contributed by atoms with Crippen LogP contribution in [0.1, 0.15) is 21.5 Å². The van der Waals surface area contributed by atoms with E-state index in [0.29, 0.717) is 11.3 Å². The van der Waals surface area contributed by atoms with Gasteiger partial charge in [-0.25, -0.2) is 9.38 Å². The maximum absolute atomic E-state index is 14.5. The summed E-state index contributed by atoms with van der Waals surface area (Å²) in [6, 6.07) is 18.2. The predicted molar refractivity (Wildman–Crippen MR) is 119 cm³/mol. The first-order chi connectivity index (χ1) is 16.6. The Morgan fingerprint density at radius 1 is 1.00 bits per heavy atom. The predicted octanol–water partition coefficient (Wildman–Crippen LogP) is 4.31. The van der Waals surface area contributed by atoms with Gasteiger partial charge in [-0.15, -0.1) is 0 Å². The van der Waals surface area contributed by atoms with E-state index in [-0.39, 0.29) is 23.5 Å². The third-order valence-corrected chi connectivity index (χ3v) is 5.43. The Bertz CT molecular complexity index is 1260. The Kier molecular flexibility index (Phi) is 6.29. The molecule has 6 nitrogen and oxygen atoms in total. The van der Waals surface area contributed by atoms with Gasteiger partial charge in [0.05, 0.1) is 13.7 Å².